The van der Waals surface area contributed by atoms with Crippen LogP contribution in [0.1, 0.15) is 10.4 Å². The number of aromatic nitrogens is 2. The number of carbonyl (C=O) groups is 1. The molecule has 0 saturated carbocycles. The Morgan fingerprint density at radius 2 is 2.50 bits per heavy atom. The second-order valence-corrected chi connectivity index (χ2v) is 3.27. The molecule has 7 heteroatoms. The third-order valence-electron chi connectivity index (χ3n) is 1.82. The second-order valence-electron chi connectivity index (χ2n) is 3.27. The van der Waals surface area contributed by atoms with E-state index in [0.29, 0.717) is 30.2 Å². The van der Waals surface area contributed by atoms with Crippen molar-refractivity contribution in [2.24, 2.45) is 4.99 Å². The molecule has 0 amide bonds. The molecule has 1 aromatic heterocycles. The molecule has 0 fully saturated rings. The standard InChI is InChI=1S/C9H15N5O2/c1-14(2)9(10-3-4-15)12-8-7(6-16)5-11-13-8/h5-6,15H,3-4H2,1-2H3,(H2,10,11,12,13). The van der Waals surface area contributed by atoms with Crippen LogP contribution in [0.4, 0.5) is 5.82 Å². The summed E-state index contributed by atoms with van der Waals surface area (Å²) in [5.41, 5.74) is 0.429. The minimum absolute atomic E-state index is 0.0253. The normalized spacial score (nSPS) is 11.3. The Kier molecular flexibility index (Phi) is 4.46. The smallest absolute Gasteiger partial charge is 0.199 e. The molecule has 1 rings (SSSR count). The number of nitrogens with zero attached hydrogens (tertiary/aromatic N) is 3. The Balaban J connectivity index is 2.79. The number of aliphatic imine (C=N–C) groups is 1. The fraction of sp³-hybridized carbons (Fsp3) is 0.444. The summed E-state index contributed by atoms with van der Waals surface area (Å²) in [7, 11) is 3.61. The van der Waals surface area contributed by atoms with Gasteiger partial charge in [-0.3, -0.25) is 14.9 Å². The van der Waals surface area contributed by atoms with E-state index in [0.717, 1.165) is 0 Å². The summed E-state index contributed by atoms with van der Waals surface area (Å²) in [6.45, 7) is 0.271. The first-order valence-corrected chi connectivity index (χ1v) is 4.77. The lowest BCUT2D eigenvalue weighted by Crippen LogP contribution is -2.30. The minimum Gasteiger partial charge on any atom is -0.394 e. The molecule has 0 radical (unpaired) electrons. The number of aromatic amines is 1. The molecule has 88 valence electrons. The molecule has 1 aromatic rings. The van der Waals surface area contributed by atoms with Crippen LogP contribution in [-0.4, -0.2) is 59.7 Å². The highest BCUT2D eigenvalue weighted by molar-refractivity contribution is 5.96. The van der Waals surface area contributed by atoms with Gasteiger partial charge in [0.2, 0.25) is 0 Å². The first-order chi connectivity index (χ1) is 7.69. The maximum Gasteiger partial charge on any atom is 0.199 e. The van der Waals surface area contributed by atoms with E-state index in [1.165, 1.54) is 6.20 Å². The topological polar surface area (TPSA) is 93.6 Å². The van der Waals surface area contributed by atoms with Crippen molar-refractivity contribution in [3.05, 3.63) is 11.8 Å². The third kappa shape index (κ3) is 3.06. The predicted octanol–water partition coefficient (Wildman–Crippen LogP) is -0.456. The van der Waals surface area contributed by atoms with E-state index >= 15 is 0 Å². The van der Waals surface area contributed by atoms with E-state index in [1.807, 2.05) is 0 Å². The number of aliphatic hydroxyl groups is 1. The van der Waals surface area contributed by atoms with Gasteiger partial charge < -0.3 is 15.3 Å². The van der Waals surface area contributed by atoms with E-state index in [4.69, 9.17) is 5.11 Å². The van der Waals surface area contributed by atoms with Crippen molar-refractivity contribution in [3.8, 4) is 0 Å². The fourth-order valence-electron chi connectivity index (χ4n) is 1.05. The van der Waals surface area contributed by atoms with Gasteiger partial charge in [0.15, 0.2) is 12.2 Å². The first-order valence-electron chi connectivity index (χ1n) is 4.77. The van der Waals surface area contributed by atoms with Gasteiger partial charge in [0, 0.05) is 14.1 Å². The van der Waals surface area contributed by atoms with Crippen LogP contribution in [-0.2, 0) is 0 Å². The van der Waals surface area contributed by atoms with E-state index in [9.17, 15) is 4.79 Å². The quantitative estimate of drug-likeness (QED) is 0.366. The van der Waals surface area contributed by atoms with Crippen LogP contribution < -0.4 is 5.32 Å². The number of aldehydes is 1. The average Bonchev–Trinajstić information content (AvgIpc) is 2.70. The monoisotopic (exact) mass is 225 g/mol. The summed E-state index contributed by atoms with van der Waals surface area (Å²) in [6.07, 6.45) is 2.12. The number of anilines is 1. The van der Waals surface area contributed by atoms with Crippen LogP contribution in [0.3, 0.4) is 0 Å². The van der Waals surface area contributed by atoms with Gasteiger partial charge >= 0.3 is 0 Å². The van der Waals surface area contributed by atoms with Gasteiger partial charge in [-0.1, -0.05) is 0 Å². The lowest BCUT2D eigenvalue weighted by molar-refractivity contribution is 0.112. The number of nitrogens with one attached hydrogen (secondary N) is 2. The van der Waals surface area contributed by atoms with Crippen molar-refractivity contribution in [2.45, 2.75) is 0 Å². The molecular weight excluding hydrogens is 210 g/mol. The SMILES string of the molecule is CN(C)C(=NCCO)Nc1[nH]ncc1C=O. The second kappa shape index (κ2) is 5.86. The molecule has 0 spiro atoms. The van der Waals surface area contributed by atoms with Crippen molar-refractivity contribution >= 4 is 18.1 Å². The lowest BCUT2D eigenvalue weighted by atomic mass is 10.4. The zero-order chi connectivity index (χ0) is 12.0. The Labute approximate surface area is 93.2 Å². The maximum atomic E-state index is 10.7. The van der Waals surface area contributed by atoms with Crippen molar-refractivity contribution in [1.82, 2.24) is 15.1 Å². The number of H-pyrrole nitrogens is 1. The van der Waals surface area contributed by atoms with E-state index < -0.39 is 0 Å². The molecule has 0 saturated heterocycles. The van der Waals surface area contributed by atoms with Crippen LogP contribution in [0.5, 0.6) is 0 Å². The molecule has 0 bridgehead atoms. The fourth-order valence-corrected chi connectivity index (χ4v) is 1.05. The number of hydrogen-bond acceptors (Lipinski definition) is 4. The van der Waals surface area contributed by atoms with Gasteiger partial charge in [-0.25, -0.2) is 0 Å². The number of rotatable bonds is 4. The summed E-state index contributed by atoms with van der Waals surface area (Å²) in [5.74, 6) is 1.03. The van der Waals surface area contributed by atoms with Gasteiger partial charge in [-0.2, -0.15) is 5.10 Å². The molecule has 0 aliphatic carbocycles. The van der Waals surface area contributed by atoms with Crippen molar-refractivity contribution in [3.63, 3.8) is 0 Å². The molecule has 0 aliphatic rings. The zero-order valence-corrected chi connectivity index (χ0v) is 9.27. The molecule has 0 aliphatic heterocycles. The van der Waals surface area contributed by atoms with Crippen molar-refractivity contribution in [1.29, 1.82) is 0 Å². The first kappa shape index (κ1) is 12.2. The van der Waals surface area contributed by atoms with Gasteiger partial charge in [-0.05, 0) is 0 Å². The summed E-state index contributed by atoms with van der Waals surface area (Å²) >= 11 is 0. The lowest BCUT2D eigenvalue weighted by Gasteiger charge is -2.16. The van der Waals surface area contributed by atoms with Gasteiger partial charge in [0.25, 0.3) is 0 Å². The number of carbonyl (C=O) groups excluding carboxylic acids is 1. The number of guanidine groups is 1. The van der Waals surface area contributed by atoms with E-state index in [1.54, 1.807) is 19.0 Å². The Morgan fingerprint density at radius 3 is 3.06 bits per heavy atom. The molecular formula is C9H15N5O2. The highest BCUT2D eigenvalue weighted by atomic mass is 16.3. The third-order valence-corrected chi connectivity index (χ3v) is 1.82. The minimum atomic E-state index is -0.0253. The van der Waals surface area contributed by atoms with Gasteiger partial charge in [0.1, 0.15) is 5.82 Å². The Morgan fingerprint density at radius 1 is 1.75 bits per heavy atom. The highest BCUT2D eigenvalue weighted by Gasteiger charge is 2.07. The predicted molar refractivity (Wildman–Crippen MR) is 60.7 cm³/mol. The van der Waals surface area contributed by atoms with E-state index in [-0.39, 0.29) is 6.61 Å². The number of aliphatic hydroxyl groups excluding tert-OH is 1. The van der Waals surface area contributed by atoms with Crippen LogP contribution >= 0.6 is 0 Å². The Bertz CT molecular complexity index is 372. The molecule has 0 aromatic carbocycles. The Hall–Kier alpha value is -1.89. The highest BCUT2D eigenvalue weighted by Crippen LogP contribution is 2.08. The largest absolute Gasteiger partial charge is 0.394 e. The summed E-state index contributed by atoms with van der Waals surface area (Å²) in [5, 5.41) is 18.0. The van der Waals surface area contributed by atoms with Crippen LogP contribution in [0, 0.1) is 0 Å². The van der Waals surface area contributed by atoms with Gasteiger partial charge in [-0.15, -0.1) is 0 Å². The average molecular weight is 225 g/mol. The van der Waals surface area contributed by atoms with Crippen molar-refractivity contribution in [2.75, 3.05) is 32.6 Å². The molecule has 0 atom stereocenters. The zero-order valence-electron chi connectivity index (χ0n) is 9.27. The van der Waals surface area contributed by atoms with Crippen LogP contribution in [0.25, 0.3) is 0 Å². The maximum absolute atomic E-state index is 10.7. The van der Waals surface area contributed by atoms with Crippen LogP contribution in [0.15, 0.2) is 11.2 Å². The number of hydrogen-bond donors (Lipinski definition) is 3. The summed E-state index contributed by atoms with van der Waals surface area (Å²) < 4.78 is 0. The summed E-state index contributed by atoms with van der Waals surface area (Å²) in [4.78, 5) is 16.5. The molecule has 1 heterocycles. The molecule has 7 nitrogen and oxygen atoms in total. The van der Waals surface area contributed by atoms with Gasteiger partial charge in [0.05, 0.1) is 24.9 Å². The van der Waals surface area contributed by atoms with E-state index in [2.05, 4.69) is 20.5 Å². The summed E-state index contributed by atoms with van der Waals surface area (Å²) in [6, 6.07) is 0. The molecule has 0 unspecified atom stereocenters. The molecule has 3 N–H and O–H groups in total. The molecule has 16 heavy (non-hydrogen) atoms. The van der Waals surface area contributed by atoms with Crippen LogP contribution in [0.2, 0.25) is 0 Å². The van der Waals surface area contributed by atoms with Crippen molar-refractivity contribution < 1.29 is 9.90 Å².